The Balaban J connectivity index is 1.41. The number of carbonyl (C=O) groups is 1. The monoisotopic (exact) mass is 360 g/mol. The number of amides is 1. The molecule has 0 unspecified atom stereocenters. The van der Waals surface area contributed by atoms with Crippen LogP contribution in [0.5, 0.6) is 11.5 Å². The van der Waals surface area contributed by atoms with Gasteiger partial charge in [0.2, 0.25) is 0 Å². The summed E-state index contributed by atoms with van der Waals surface area (Å²) in [5.41, 5.74) is 0.539. The van der Waals surface area contributed by atoms with E-state index in [1.807, 2.05) is 36.4 Å². The molecule has 0 saturated carbocycles. The summed E-state index contributed by atoms with van der Waals surface area (Å²) in [5.74, 6) is 2.57. The average molecular weight is 360 g/mol. The molecule has 6 nitrogen and oxygen atoms in total. The second-order valence-electron chi connectivity index (χ2n) is 6.35. The lowest BCUT2D eigenvalue weighted by Gasteiger charge is -2.16. The van der Waals surface area contributed by atoms with Crippen molar-refractivity contribution in [3.63, 3.8) is 0 Å². The molecule has 2 aromatic carbocycles. The maximum Gasteiger partial charge on any atom is 0.256 e. The summed E-state index contributed by atoms with van der Waals surface area (Å²) in [6.07, 6.45) is 3.83. The fourth-order valence-corrected chi connectivity index (χ4v) is 3.02. The third-order valence-electron chi connectivity index (χ3n) is 4.42. The van der Waals surface area contributed by atoms with Crippen molar-refractivity contribution in [1.82, 2.24) is 9.97 Å². The van der Waals surface area contributed by atoms with E-state index < -0.39 is 0 Å². The van der Waals surface area contributed by atoms with Crippen LogP contribution < -0.4 is 15.0 Å². The average Bonchev–Trinajstić information content (AvgIpc) is 3.24. The molecule has 27 heavy (non-hydrogen) atoms. The number of ether oxygens (including phenoxy) is 1. The molecule has 1 aliphatic rings. The van der Waals surface area contributed by atoms with Crippen LogP contribution in [0.2, 0.25) is 0 Å². The maximum absolute atomic E-state index is 12.5. The van der Waals surface area contributed by atoms with Crippen molar-refractivity contribution in [2.45, 2.75) is 12.8 Å². The van der Waals surface area contributed by atoms with Crippen molar-refractivity contribution in [2.75, 3.05) is 23.3 Å². The standard InChI is InChI=1S/C21H20N4O2/c26-21(24-19-14-20(23-15-22-19)25-12-4-5-13-25)16-8-10-18(11-9-16)27-17-6-2-1-3-7-17/h1-3,6-11,14-15H,4-5,12-13H2,(H,22,23,24,26). The molecule has 0 atom stereocenters. The number of hydrogen-bond donors (Lipinski definition) is 1. The van der Waals surface area contributed by atoms with Gasteiger partial charge in [-0.25, -0.2) is 9.97 Å². The highest BCUT2D eigenvalue weighted by Gasteiger charge is 2.15. The van der Waals surface area contributed by atoms with Crippen LogP contribution in [0.15, 0.2) is 67.0 Å². The van der Waals surface area contributed by atoms with Crippen molar-refractivity contribution in [3.05, 3.63) is 72.6 Å². The second-order valence-corrected chi connectivity index (χ2v) is 6.35. The number of aromatic nitrogens is 2. The molecule has 1 saturated heterocycles. The minimum atomic E-state index is -0.215. The van der Waals surface area contributed by atoms with E-state index in [2.05, 4.69) is 20.2 Å². The van der Waals surface area contributed by atoms with Crippen LogP contribution in [0.4, 0.5) is 11.6 Å². The topological polar surface area (TPSA) is 67.4 Å². The Labute approximate surface area is 157 Å². The summed E-state index contributed by atoms with van der Waals surface area (Å²) in [6, 6.07) is 18.4. The Hall–Kier alpha value is -3.41. The van der Waals surface area contributed by atoms with Crippen LogP contribution in [-0.2, 0) is 0 Å². The summed E-state index contributed by atoms with van der Waals surface area (Å²) < 4.78 is 5.75. The van der Waals surface area contributed by atoms with Gasteiger partial charge in [-0.05, 0) is 49.2 Å². The first-order chi connectivity index (χ1) is 13.3. The normalized spacial score (nSPS) is 13.4. The largest absolute Gasteiger partial charge is 0.457 e. The van der Waals surface area contributed by atoms with E-state index in [9.17, 15) is 4.79 Å². The van der Waals surface area contributed by atoms with Crippen molar-refractivity contribution >= 4 is 17.5 Å². The Kier molecular flexibility index (Phi) is 4.96. The molecule has 1 aliphatic heterocycles. The Bertz CT molecular complexity index is 907. The minimum Gasteiger partial charge on any atom is -0.457 e. The van der Waals surface area contributed by atoms with Gasteiger partial charge in [0.05, 0.1) is 0 Å². The number of hydrogen-bond acceptors (Lipinski definition) is 5. The zero-order valence-corrected chi connectivity index (χ0v) is 14.8. The van der Waals surface area contributed by atoms with E-state index in [1.165, 1.54) is 19.2 Å². The lowest BCUT2D eigenvalue weighted by atomic mass is 10.2. The SMILES string of the molecule is O=C(Nc1cc(N2CCCC2)ncn1)c1ccc(Oc2ccccc2)cc1. The fourth-order valence-electron chi connectivity index (χ4n) is 3.02. The van der Waals surface area contributed by atoms with Crippen molar-refractivity contribution in [1.29, 1.82) is 0 Å². The molecule has 1 N–H and O–H groups in total. The Morgan fingerprint density at radius 1 is 0.926 bits per heavy atom. The molecule has 136 valence electrons. The Morgan fingerprint density at radius 3 is 2.37 bits per heavy atom. The zero-order chi connectivity index (χ0) is 18.5. The van der Waals surface area contributed by atoms with Gasteiger partial charge in [0.25, 0.3) is 5.91 Å². The first-order valence-electron chi connectivity index (χ1n) is 8.99. The lowest BCUT2D eigenvalue weighted by Crippen LogP contribution is -2.20. The van der Waals surface area contributed by atoms with E-state index in [0.29, 0.717) is 17.1 Å². The van der Waals surface area contributed by atoms with Crippen LogP contribution in [0, 0.1) is 0 Å². The molecule has 1 fully saturated rings. The van der Waals surface area contributed by atoms with Gasteiger partial charge in [0.1, 0.15) is 29.5 Å². The number of carbonyl (C=O) groups excluding carboxylic acids is 1. The molecule has 4 rings (SSSR count). The summed E-state index contributed by atoms with van der Waals surface area (Å²) in [5, 5.41) is 2.83. The molecular formula is C21H20N4O2. The van der Waals surface area contributed by atoms with Crippen LogP contribution in [0.3, 0.4) is 0 Å². The number of benzene rings is 2. The number of nitrogens with zero attached hydrogens (tertiary/aromatic N) is 3. The van der Waals surface area contributed by atoms with E-state index in [4.69, 9.17) is 4.74 Å². The fraction of sp³-hybridized carbons (Fsp3) is 0.190. The van der Waals surface area contributed by atoms with Crippen LogP contribution in [-0.4, -0.2) is 29.0 Å². The summed E-state index contributed by atoms with van der Waals surface area (Å²) in [6.45, 7) is 1.99. The van der Waals surface area contributed by atoms with E-state index >= 15 is 0 Å². The summed E-state index contributed by atoms with van der Waals surface area (Å²) in [4.78, 5) is 23.1. The van der Waals surface area contributed by atoms with Gasteiger partial charge in [0.15, 0.2) is 0 Å². The lowest BCUT2D eigenvalue weighted by molar-refractivity contribution is 0.102. The van der Waals surface area contributed by atoms with Crippen molar-refractivity contribution in [2.24, 2.45) is 0 Å². The molecule has 1 amide bonds. The maximum atomic E-state index is 12.5. The number of nitrogens with one attached hydrogen (secondary N) is 1. The number of rotatable bonds is 5. The molecular weight excluding hydrogens is 340 g/mol. The third-order valence-corrected chi connectivity index (χ3v) is 4.42. The van der Waals surface area contributed by atoms with E-state index in [-0.39, 0.29) is 5.91 Å². The molecule has 2 heterocycles. The van der Waals surface area contributed by atoms with Gasteiger partial charge in [0, 0.05) is 24.7 Å². The van der Waals surface area contributed by atoms with Crippen LogP contribution >= 0.6 is 0 Å². The van der Waals surface area contributed by atoms with Gasteiger partial charge < -0.3 is 15.0 Å². The van der Waals surface area contributed by atoms with Crippen molar-refractivity contribution < 1.29 is 9.53 Å². The van der Waals surface area contributed by atoms with Gasteiger partial charge in [-0.2, -0.15) is 0 Å². The predicted molar refractivity (Wildman–Crippen MR) is 104 cm³/mol. The quantitative estimate of drug-likeness (QED) is 0.741. The molecule has 0 radical (unpaired) electrons. The highest BCUT2D eigenvalue weighted by molar-refractivity contribution is 6.03. The van der Waals surface area contributed by atoms with E-state index in [1.54, 1.807) is 24.3 Å². The van der Waals surface area contributed by atoms with Crippen molar-refractivity contribution in [3.8, 4) is 11.5 Å². The molecule has 0 aliphatic carbocycles. The van der Waals surface area contributed by atoms with Gasteiger partial charge in [-0.15, -0.1) is 0 Å². The van der Waals surface area contributed by atoms with Gasteiger partial charge >= 0.3 is 0 Å². The molecule has 1 aromatic heterocycles. The third kappa shape index (κ3) is 4.23. The highest BCUT2D eigenvalue weighted by Crippen LogP contribution is 2.22. The highest BCUT2D eigenvalue weighted by atomic mass is 16.5. The Morgan fingerprint density at radius 2 is 1.63 bits per heavy atom. The smallest absolute Gasteiger partial charge is 0.256 e. The number of para-hydroxylation sites is 1. The van der Waals surface area contributed by atoms with Gasteiger partial charge in [-0.1, -0.05) is 18.2 Å². The van der Waals surface area contributed by atoms with Gasteiger partial charge in [-0.3, -0.25) is 4.79 Å². The van der Waals surface area contributed by atoms with Crippen LogP contribution in [0.25, 0.3) is 0 Å². The van der Waals surface area contributed by atoms with Crippen LogP contribution in [0.1, 0.15) is 23.2 Å². The predicted octanol–water partition coefficient (Wildman–Crippen LogP) is 4.12. The second kappa shape index (κ2) is 7.86. The first-order valence-corrected chi connectivity index (χ1v) is 8.99. The molecule has 0 bridgehead atoms. The number of anilines is 2. The molecule has 6 heteroatoms. The molecule has 0 spiro atoms. The molecule has 3 aromatic rings. The zero-order valence-electron chi connectivity index (χ0n) is 14.8. The minimum absolute atomic E-state index is 0.215. The van der Waals surface area contributed by atoms with E-state index in [0.717, 1.165) is 24.7 Å². The summed E-state index contributed by atoms with van der Waals surface area (Å²) in [7, 11) is 0. The summed E-state index contributed by atoms with van der Waals surface area (Å²) >= 11 is 0. The first kappa shape index (κ1) is 17.0.